The standard InChI is InChI=1S/C15H11ClN2O3S/c16-13-7-6-12(22-13)11(19)8-18-14(20)9-17(15(18)21)10-4-2-1-3-5-10/h1-7H,8-9H2. The number of thiophene rings is 1. The second-order valence-corrected chi connectivity index (χ2v) is 6.43. The molecule has 1 aliphatic rings. The van der Waals surface area contributed by atoms with Crippen LogP contribution in [0.25, 0.3) is 0 Å². The lowest BCUT2D eigenvalue weighted by molar-refractivity contribution is -0.124. The molecular weight excluding hydrogens is 324 g/mol. The molecule has 112 valence electrons. The molecule has 0 N–H and O–H groups in total. The van der Waals surface area contributed by atoms with Gasteiger partial charge in [-0.3, -0.25) is 19.4 Å². The third-order valence-corrected chi connectivity index (χ3v) is 4.55. The van der Waals surface area contributed by atoms with Crippen molar-refractivity contribution in [2.24, 2.45) is 0 Å². The van der Waals surface area contributed by atoms with Crippen LogP contribution >= 0.6 is 22.9 Å². The first kappa shape index (κ1) is 14.7. The molecule has 2 aromatic rings. The van der Waals surface area contributed by atoms with Gasteiger partial charge >= 0.3 is 6.03 Å². The monoisotopic (exact) mass is 334 g/mol. The van der Waals surface area contributed by atoms with Gasteiger partial charge in [-0.15, -0.1) is 11.3 Å². The van der Waals surface area contributed by atoms with Crippen molar-refractivity contribution in [1.29, 1.82) is 0 Å². The fourth-order valence-electron chi connectivity index (χ4n) is 2.19. The summed E-state index contributed by atoms with van der Waals surface area (Å²) in [6.07, 6.45) is 0. The Bertz CT molecular complexity index is 744. The maximum absolute atomic E-state index is 12.3. The van der Waals surface area contributed by atoms with Crippen LogP contribution in [0.5, 0.6) is 0 Å². The Balaban J connectivity index is 1.76. The average Bonchev–Trinajstić information content (AvgIpc) is 3.07. The number of imide groups is 1. The molecule has 3 rings (SSSR count). The van der Waals surface area contributed by atoms with Crippen LogP contribution in [-0.4, -0.2) is 35.7 Å². The van der Waals surface area contributed by atoms with Crippen molar-refractivity contribution in [3.8, 4) is 0 Å². The van der Waals surface area contributed by atoms with Gasteiger partial charge in [-0.05, 0) is 24.3 Å². The van der Waals surface area contributed by atoms with Crippen LogP contribution in [0, 0.1) is 0 Å². The second kappa shape index (κ2) is 5.90. The maximum Gasteiger partial charge on any atom is 0.332 e. The van der Waals surface area contributed by atoms with E-state index in [0.717, 1.165) is 16.2 Å². The summed E-state index contributed by atoms with van der Waals surface area (Å²) in [4.78, 5) is 39.3. The van der Waals surface area contributed by atoms with Crippen LogP contribution < -0.4 is 4.90 Å². The number of hydrogen-bond donors (Lipinski definition) is 0. The lowest BCUT2D eigenvalue weighted by Crippen LogP contribution is -2.36. The van der Waals surface area contributed by atoms with E-state index in [1.165, 1.54) is 4.90 Å². The Morgan fingerprint density at radius 1 is 1.14 bits per heavy atom. The predicted molar refractivity (Wildman–Crippen MR) is 84.6 cm³/mol. The van der Waals surface area contributed by atoms with E-state index in [2.05, 4.69) is 0 Å². The number of carbonyl (C=O) groups excluding carboxylic acids is 3. The largest absolute Gasteiger partial charge is 0.332 e. The minimum Gasteiger partial charge on any atom is -0.291 e. The summed E-state index contributed by atoms with van der Waals surface area (Å²) in [6.45, 7) is -0.320. The second-order valence-electron chi connectivity index (χ2n) is 4.71. The highest BCUT2D eigenvalue weighted by Gasteiger charge is 2.38. The van der Waals surface area contributed by atoms with E-state index in [1.54, 1.807) is 36.4 Å². The first-order chi connectivity index (χ1) is 10.6. The number of anilines is 1. The highest BCUT2D eigenvalue weighted by atomic mass is 35.5. The molecule has 0 aliphatic carbocycles. The fourth-order valence-corrected chi connectivity index (χ4v) is 3.16. The minimum absolute atomic E-state index is 0.0542. The zero-order chi connectivity index (χ0) is 15.7. The lowest BCUT2D eigenvalue weighted by Gasteiger charge is -2.16. The average molecular weight is 335 g/mol. The molecule has 1 aromatic carbocycles. The molecule has 7 heteroatoms. The Morgan fingerprint density at radius 3 is 2.50 bits per heavy atom. The van der Waals surface area contributed by atoms with E-state index >= 15 is 0 Å². The molecule has 0 radical (unpaired) electrons. The molecule has 0 unspecified atom stereocenters. The summed E-state index contributed by atoms with van der Waals surface area (Å²) in [5.74, 6) is -0.682. The molecule has 5 nitrogen and oxygen atoms in total. The van der Waals surface area contributed by atoms with Crippen molar-refractivity contribution >= 4 is 46.3 Å². The van der Waals surface area contributed by atoms with Gasteiger partial charge in [0, 0.05) is 5.69 Å². The van der Waals surface area contributed by atoms with Crippen LogP contribution in [0.4, 0.5) is 10.5 Å². The summed E-state index contributed by atoms with van der Waals surface area (Å²) >= 11 is 6.92. The molecular formula is C15H11ClN2O3S. The van der Waals surface area contributed by atoms with Crippen molar-refractivity contribution < 1.29 is 14.4 Å². The fraction of sp³-hybridized carbons (Fsp3) is 0.133. The summed E-state index contributed by atoms with van der Waals surface area (Å²) in [5.41, 5.74) is 0.634. The molecule has 0 bridgehead atoms. The Hall–Kier alpha value is -2.18. The molecule has 1 aliphatic heterocycles. The van der Waals surface area contributed by atoms with Gasteiger partial charge in [0.05, 0.1) is 15.8 Å². The maximum atomic E-state index is 12.3. The number of para-hydroxylation sites is 1. The smallest absolute Gasteiger partial charge is 0.291 e. The van der Waals surface area contributed by atoms with Gasteiger partial charge in [0.25, 0.3) is 5.91 Å². The highest BCUT2D eigenvalue weighted by molar-refractivity contribution is 7.18. The van der Waals surface area contributed by atoms with Crippen molar-refractivity contribution in [3.63, 3.8) is 0 Å². The molecule has 1 aromatic heterocycles. The molecule has 3 amide bonds. The lowest BCUT2D eigenvalue weighted by atomic mass is 10.3. The molecule has 1 fully saturated rings. The zero-order valence-corrected chi connectivity index (χ0v) is 12.9. The van der Waals surface area contributed by atoms with E-state index in [-0.39, 0.29) is 24.8 Å². The number of halogens is 1. The van der Waals surface area contributed by atoms with Gasteiger partial charge in [0.15, 0.2) is 5.78 Å². The van der Waals surface area contributed by atoms with E-state index in [0.29, 0.717) is 14.9 Å². The van der Waals surface area contributed by atoms with Crippen molar-refractivity contribution in [2.75, 3.05) is 18.0 Å². The number of nitrogens with zero attached hydrogens (tertiary/aromatic N) is 2. The van der Waals surface area contributed by atoms with Gasteiger partial charge in [-0.1, -0.05) is 29.8 Å². The first-order valence-electron chi connectivity index (χ1n) is 6.51. The topological polar surface area (TPSA) is 57.7 Å². The quantitative estimate of drug-likeness (QED) is 0.638. The minimum atomic E-state index is -0.479. The Morgan fingerprint density at radius 2 is 1.86 bits per heavy atom. The van der Waals surface area contributed by atoms with Crippen molar-refractivity contribution in [3.05, 3.63) is 51.7 Å². The van der Waals surface area contributed by atoms with Gasteiger partial charge in [-0.25, -0.2) is 4.79 Å². The van der Waals surface area contributed by atoms with E-state index in [4.69, 9.17) is 11.6 Å². The molecule has 0 atom stereocenters. The molecule has 0 saturated carbocycles. The third kappa shape index (κ3) is 2.75. The SMILES string of the molecule is O=C(CN1C(=O)CN(c2ccccc2)C1=O)c1ccc(Cl)s1. The third-order valence-electron chi connectivity index (χ3n) is 3.27. The van der Waals surface area contributed by atoms with E-state index in [1.807, 2.05) is 6.07 Å². The van der Waals surface area contributed by atoms with Gasteiger partial charge in [-0.2, -0.15) is 0 Å². The molecule has 0 spiro atoms. The van der Waals surface area contributed by atoms with Crippen molar-refractivity contribution in [2.45, 2.75) is 0 Å². The van der Waals surface area contributed by atoms with Gasteiger partial charge < -0.3 is 0 Å². The Labute approximate surface area is 135 Å². The molecule has 2 heterocycles. The number of ketones is 1. The van der Waals surface area contributed by atoms with E-state index in [9.17, 15) is 14.4 Å². The van der Waals surface area contributed by atoms with Crippen molar-refractivity contribution in [1.82, 2.24) is 4.90 Å². The summed E-state index contributed by atoms with van der Waals surface area (Å²) in [7, 11) is 0. The Kier molecular flexibility index (Phi) is 3.96. The molecule has 22 heavy (non-hydrogen) atoms. The molecule has 1 saturated heterocycles. The van der Waals surface area contributed by atoms with Crippen LogP contribution in [0.15, 0.2) is 42.5 Å². The highest BCUT2D eigenvalue weighted by Crippen LogP contribution is 2.24. The van der Waals surface area contributed by atoms with Gasteiger partial charge in [0.1, 0.15) is 6.54 Å². The van der Waals surface area contributed by atoms with Crippen LogP contribution in [0.1, 0.15) is 9.67 Å². The summed E-state index contributed by atoms with van der Waals surface area (Å²) < 4.78 is 0.494. The zero-order valence-electron chi connectivity index (χ0n) is 11.4. The predicted octanol–water partition coefficient (Wildman–Crippen LogP) is 3.05. The number of carbonyl (C=O) groups is 3. The first-order valence-corrected chi connectivity index (χ1v) is 7.71. The van der Waals surface area contributed by atoms with Crippen LogP contribution in [0.3, 0.4) is 0 Å². The summed E-state index contributed by atoms with van der Waals surface area (Å²) in [6, 6.07) is 11.6. The number of benzene rings is 1. The normalized spacial score (nSPS) is 14.8. The van der Waals surface area contributed by atoms with Gasteiger partial charge in [0.2, 0.25) is 0 Å². The van der Waals surface area contributed by atoms with Crippen LogP contribution in [0.2, 0.25) is 4.34 Å². The van der Waals surface area contributed by atoms with Crippen LogP contribution in [-0.2, 0) is 4.79 Å². The number of urea groups is 1. The number of amides is 3. The van der Waals surface area contributed by atoms with E-state index < -0.39 is 6.03 Å². The number of rotatable bonds is 4. The number of Topliss-reactive ketones (excluding diaryl/α,β-unsaturated/α-hetero) is 1. The summed E-state index contributed by atoms with van der Waals surface area (Å²) in [5, 5.41) is 0. The number of hydrogen-bond acceptors (Lipinski definition) is 4.